The van der Waals surface area contributed by atoms with E-state index in [4.69, 9.17) is 4.74 Å². The lowest BCUT2D eigenvalue weighted by molar-refractivity contribution is -0.145. The summed E-state index contributed by atoms with van der Waals surface area (Å²) >= 11 is 0. The number of rotatable bonds is 5. The zero-order valence-corrected chi connectivity index (χ0v) is 10.6. The van der Waals surface area contributed by atoms with Crippen molar-refractivity contribution in [3.8, 4) is 0 Å². The van der Waals surface area contributed by atoms with Crippen LogP contribution in [0.25, 0.3) is 0 Å². The molecule has 0 saturated heterocycles. The van der Waals surface area contributed by atoms with Gasteiger partial charge in [-0.2, -0.15) is 0 Å². The van der Waals surface area contributed by atoms with Crippen LogP contribution < -0.4 is 10.6 Å². The summed E-state index contributed by atoms with van der Waals surface area (Å²) in [5, 5.41) is 5.22. The van der Waals surface area contributed by atoms with Crippen molar-refractivity contribution in [1.29, 1.82) is 0 Å². The van der Waals surface area contributed by atoms with Gasteiger partial charge in [-0.25, -0.2) is 9.59 Å². The van der Waals surface area contributed by atoms with Crippen LogP contribution in [0.2, 0.25) is 0 Å². The number of carbonyl (C=O) groups is 2. The lowest BCUT2D eigenvalue weighted by Gasteiger charge is -2.15. The van der Waals surface area contributed by atoms with Gasteiger partial charge in [0.2, 0.25) is 0 Å². The van der Waals surface area contributed by atoms with Gasteiger partial charge >= 0.3 is 12.0 Å². The van der Waals surface area contributed by atoms with Crippen molar-refractivity contribution in [2.45, 2.75) is 26.3 Å². The molecule has 0 heterocycles. The first-order chi connectivity index (χ1) is 8.67. The van der Waals surface area contributed by atoms with E-state index in [1.165, 1.54) is 0 Å². The summed E-state index contributed by atoms with van der Waals surface area (Å²) in [4.78, 5) is 23.2. The van der Waals surface area contributed by atoms with Gasteiger partial charge in [-0.1, -0.05) is 25.1 Å². The molecule has 0 aliphatic rings. The minimum atomic E-state index is -0.617. The van der Waals surface area contributed by atoms with E-state index in [-0.39, 0.29) is 0 Å². The Morgan fingerprint density at radius 1 is 1.22 bits per heavy atom. The SMILES string of the molecule is CCOC(=O)[C@@H](CC)NC(=O)Nc1ccccc1. The number of ether oxygens (including phenoxy) is 1. The number of hydrogen-bond donors (Lipinski definition) is 2. The highest BCUT2D eigenvalue weighted by atomic mass is 16.5. The standard InChI is InChI=1S/C13H18N2O3/c1-3-11(12(16)18-4-2)15-13(17)14-10-8-6-5-7-9-10/h5-9,11H,3-4H2,1-2H3,(H2,14,15,17)/t11-/m1/s1. The molecule has 5 heteroatoms. The third-order valence-corrected chi connectivity index (χ3v) is 2.32. The summed E-state index contributed by atoms with van der Waals surface area (Å²) in [7, 11) is 0. The second-order valence-electron chi connectivity index (χ2n) is 3.68. The highest BCUT2D eigenvalue weighted by molar-refractivity contribution is 5.92. The van der Waals surface area contributed by atoms with Crippen LogP contribution in [0.3, 0.4) is 0 Å². The number of benzene rings is 1. The van der Waals surface area contributed by atoms with Crippen molar-refractivity contribution in [2.75, 3.05) is 11.9 Å². The first kappa shape index (κ1) is 14.0. The highest BCUT2D eigenvalue weighted by Crippen LogP contribution is 2.05. The van der Waals surface area contributed by atoms with Crippen molar-refractivity contribution < 1.29 is 14.3 Å². The predicted octanol–water partition coefficient (Wildman–Crippen LogP) is 2.15. The van der Waals surface area contributed by atoms with Gasteiger partial charge in [0.05, 0.1) is 6.61 Å². The van der Waals surface area contributed by atoms with Gasteiger partial charge in [0.1, 0.15) is 6.04 Å². The molecule has 0 aromatic heterocycles. The van der Waals surface area contributed by atoms with E-state index in [1.807, 2.05) is 25.1 Å². The molecule has 0 saturated carbocycles. The maximum atomic E-state index is 11.7. The molecule has 1 atom stereocenters. The van der Waals surface area contributed by atoms with E-state index < -0.39 is 18.0 Å². The summed E-state index contributed by atoms with van der Waals surface area (Å²) in [5.74, 6) is -0.414. The fraction of sp³-hybridized carbons (Fsp3) is 0.385. The van der Waals surface area contributed by atoms with E-state index in [2.05, 4.69) is 10.6 Å². The number of para-hydroxylation sites is 1. The van der Waals surface area contributed by atoms with Crippen LogP contribution in [-0.2, 0) is 9.53 Å². The fourth-order valence-electron chi connectivity index (χ4n) is 1.42. The number of esters is 1. The Morgan fingerprint density at radius 2 is 1.89 bits per heavy atom. The van der Waals surface area contributed by atoms with Crippen LogP contribution in [-0.4, -0.2) is 24.6 Å². The smallest absolute Gasteiger partial charge is 0.328 e. The normalized spacial score (nSPS) is 11.4. The largest absolute Gasteiger partial charge is 0.464 e. The number of hydrogen-bond acceptors (Lipinski definition) is 3. The lowest BCUT2D eigenvalue weighted by Crippen LogP contribution is -2.43. The molecule has 0 fully saturated rings. The zero-order valence-electron chi connectivity index (χ0n) is 10.6. The molecule has 2 N–H and O–H groups in total. The summed E-state index contributed by atoms with van der Waals surface area (Å²) < 4.78 is 4.86. The van der Waals surface area contributed by atoms with E-state index in [0.717, 1.165) is 0 Å². The van der Waals surface area contributed by atoms with Gasteiger partial charge in [-0.3, -0.25) is 0 Å². The Labute approximate surface area is 107 Å². The Bertz CT molecular complexity index is 392. The third-order valence-electron chi connectivity index (χ3n) is 2.32. The van der Waals surface area contributed by atoms with Gasteiger partial charge in [-0.05, 0) is 25.5 Å². The van der Waals surface area contributed by atoms with Crippen molar-refractivity contribution >= 4 is 17.7 Å². The van der Waals surface area contributed by atoms with Gasteiger partial charge in [0, 0.05) is 5.69 Å². The van der Waals surface area contributed by atoms with Crippen molar-refractivity contribution in [1.82, 2.24) is 5.32 Å². The molecule has 0 spiro atoms. The lowest BCUT2D eigenvalue weighted by atomic mass is 10.2. The average Bonchev–Trinajstić information content (AvgIpc) is 2.37. The molecule has 98 valence electrons. The second-order valence-corrected chi connectivity index (χ2v) is 3.68. The van der Waals surface area contributed by atoms with Crippen LogP contribution in [0, 0.1) is 0 Å². The van der Waals surface area contributed by atoms with Crippen LogP contribution in [0.5, 0.6) is 0 Å². The van der Waals surface area contributed by atoms with E-state index in [1.54, 1.807) is 19.1 Å². The molecule has 0 aliphatic carbocycles. The number of anilines is 1. The highest BCUT2D eigenvalue weighted by Gasteiger charge is 2.19. The molecule has 0 bridgehead atoms. The van der Waals surface area contributed by atoms with Crippen molar-refractivity contribution in [3.63, 3.8) is 0 Å². The number of carbonyl (C=O) groups excluding carboxylic acids is 2. The molecule has 1 aromatic rings. The first-order valence-corrected chi connectivity index (χ1v) is 5.96. The van der Waals surface area contributed by atoms with Crippen LogP contribution in [0.15, 0.2) is 30.3 Å². The third kappa shape index (κ3) is 4.45. The zero-order chi connectivity index (χ0) is 13.4. The summed E-state index contributed by atoms with van der Waals surface area (Å²) in [6.07, 6.45) is 0.487. The molecule has 0 aliphatic heterocycles. The number of amides is 2. The molecule has 1 aromatic carbocycles. The summed E-state index contributed by atoms with van der Waals surface area (Å²) in [6, 6.07) is 8.00. The average molecular weight is 250 g/mol. The summed E-state index contributed by atoms with van der Waals surface area (Å²) in [5.41, 5.74) is 0.675. The minimum Gasteiger partial charge on any atom is -0.464 e. The maximum Gasteiger partial charge on any atom is 0.328 e. The Morgan fingerprint density at radius 3 is 2.44 bits per heavy atom. The summed E-state index contributed by atoms with van der Waals surface area (Å²) in [6.45, 7) is 3.84. The number of nitrogens with one attached hydrogen (secondary N) is 2. The monoisotopic (exact) mass is 250 g/mol. The second kappa shape index (κ2) is 7.32. The van der Waals surface area contributed by atoms with Crippen LogP contribution in [0.1, 0.15) is 20.3 Å². The van der Waals surface area contributed by atoms with Gasteiger partial charge in [-0.15, -0.1) is 0 Å². The van der Waals surface area contributed by atoms with Crippen molar-refractivity contribution in [2.24, 2.45) is 0 Å². The van der Waals surface area contributed by atoms with Crippen molar-refractivity contribution in [3.05, 3.63) is 30.3 Å². The van der Waals surface area contributed by atoms with Gasteiger partial charge < -0.3 is 15.4 Å². The molecule has 1 rings (SSSR count). The van der Waals surface area contributed by atoms with E-state index in [9.17, 15) is 9.59 Å². The molecule has 2 amide bonds. The topological polar surface area (TPSA) is 67.4 Å². The number of urea groups is 1. The molecule has 0 radical (unpaired) electrons. The Balaban J connectivity index is 2.50. The quantitative estimate of drug-likeness (QED) is 0.787. The van der Waals surface area contributed by atoms with E-state index >= 15 is 0 Å². The molecule has 18 heavy (non-hydrogen) atoms. The molecular formula is C13H18N2O3. The van der Waals surface area contributed by atoms with Gasteiger partial charge in [0.15, 0.2) is 0 Å². The van der Waals surface area contributed by atoms with E-state index in [0.29, 0.717) is 18.7 Å². The Hall–Kier alpha value is -2.04. The minimum absolute atomic E-state index is 0.303. The van der Waals surface area contributed by atoms with Crippen LogP contribution >= 0.6 is 0 Å². The molecular weight excluding hydrogens is 232 g/mol. The van der Waals surface area contributed by atoms with Crippen LogP contribution in [0.4, 0.5) is 10.5 Å². The van der Waals surface area contributed by atoms with Gasteiger partial charge in [0.25, 0.3) is 0 Å². The molecule has 5 nitrogen and oxygen atoms in total. The Kier molecular flexibility index (Phi) is 5.70. The fourth-order valence-corrected chi connectivity index (χ4v) is 1.42. The molecule has 0 unspecified atom stereocenters. The first-order valence-electron chi connectivity index (χ1n) is 5.96. The predicted molar refractivity (Wildman–Crippen MR) is 69.3 cm³/mol. The maximum absolute atomic E-state index is 11.7.